The third-order valence-corrected chi connectivity index (χ3v) is 6.66. The predicted molar refractivity (Wildman–Crippen MR) is 117 cm³/mol. The molecule has 0 bridgehead atoms. The van der Waals surface area contributed by atoms with Crippen LogP contribution in [0.2, 0.25) is 0 Å². The Hall–Kier alpha value is -2.09. The van der Waals surface area contributed by atoms with Crippen LogP contribution in [0.15, 0.2) is 48.5 Å². The number of rotatable bonds is 8. The largest absolute Gasteiger partial charge is 0.489 e. The van der Waals surface area contributed by atoms with Gasteiger partial charge >= 0.3 is 0 Å². The maximum absolute atomic E-state index is 12.6. The van der Waals surface area contributed by atoms with Crippen molar-refractivity contribution in [3.05, 3.63) is 59.7 Å². The fraction of sp³-hybridized carbons (Fsp3) is 0.478. The fourth-order valence-corrected chi connectivity index (χ4v) is 4.82. The van der Waals surface area contributed by atoms with Crippen molar-refractivity contribution in [2.24, 2.45) is 0 Å². The number of aliphatic hydroxyl groups is 1. The second-order valence-corrected chi connectivity index (χ2v) is 10.2. The minimum absolute atomic E-state index is 0.335. The second kappa shape index (κ2) is 8.96. The summed E-state index contributed by atoms with van der Waals surface area (Å²) >= 11 is 0. The monoisotopic (exact) mass is 433 g/mol. The van der Waals surface area contributed by atoms with Crippen molar-refractivity contribution in [3.63, 3.8) is 0 Å². The summed E-state index contributed by atoms with van der Waals surface area (Å²) in [6.45, 7) is 6.28. The molecule has 0 fully saturated rings. The van der Waals surface area contributed by atoms with Crippen molar-refractivity contribution in [2.45, 2.75) is 58.0 Å². The molecule has 0 saturated carbocycles. The molecule has 7 heteroatoms. The lowest BCUT2D eigenvalue weighted by molar-refractivity contribution is -0.0792. The Balaban J connectivity index is 1.98. The first-order valence-electron chi connectivity index (χ1n) is 10.3. The number of hydrogen-bond donors (Lipinski definition) is 1. The van der Waals surface area contributed by atoms with Crippen molar-refractivity contribution in [3.8, 4) is 11.5 Å². The van der Waals surface area contributed by atoms with Crippen LogP contribution in [0.5, 0.6) is 11.5 Å². The van der Waals surface area contributed by atoms with Crippen LogP contribution in [0.1, 0.15) is 50.8 Å². The number of nitrogens with zero attached hydrogens (tertiary/aromatic N) is 1. The van der Waals surface area contributed by atoms with Crippen LogP contribution in [0.25, 0.3) is 0 Å². The quantitative estimate of drug-likeness (QED) is 0.683. The molecule has 2 atom stereocenters. The molecule has 0 aliphatic carbocycles. The Morgan fingerprint density at radius 3 is 2.50 bits per heavy atom. The van der Waals surface area contributed by atoms with Crippen LogP contribution >= 0.6 is 0 Å². The SMILES string of the molecule is CCCCN([C@@H]1c2cc(OCc3ccccc3)ccc2OC(C)(C)[C@H]1O)S(C)(=O)=O. The average molecular weight is 434 g/mol. The number of sulfonamides is 1. The molecule has 0 amide bonds. The lowest BCUT2D eigenvalue weighted by Crippen LogP contribution is -2.54. The molecular weight excluding hydrogens is 402 g/mol. The number of aliphatic hydroxyl groups excluding tert-OH is 1. The highest BCUT2D eigenvalue weighted by molar-refractivity contribution is 7.88. The molecule has 0 radical (unpaired) electrons. The maximum Gasteiger partial charge on any atom is 0.211 e. The van der Waals surface area contributed by atoms with E-state index >= 15 is 0 Å². The third kappa shape index (κ3) is 4.96. The molecule has 2 aromatic rings. The minimum Gasteiger partial charge on any atom is -0.489 e. The molecule has 30 heavy (non-hydrogen) atoms. The summed E-state index contributed by atoms with van der Waals surface area (Å²) in [6, 6.07) is 14.4. The number of benzene rings is 2. The number of unbranched alkanes of at least 4 members (excludes halogenated alkanes) is 1. The Morgan fingerprint density at radius 1 is 1.17 bits per heavy atom. The van der Waals surface area contributed by atoms with E-state index in [1.807, 2.05) is 43.3 Å². The van der Waals surface area contributed by atoms with Gasteiger partial charge < -0.3 is 14.6 Å². The lowest BCUT2D eigenvalue weighted by atomic mass is 9.86. The number of hydrogen-bond acceptors (Lipinski definition) is 5. The highest BCUT2D eigenvalue weighted by Crippen LogP contribution is 2.45. The fourth-order valence-electron chi connectivity index (χ4n) is 3.71. The average Bonchev–Trinajstić information content (AvgIpc) is 2.69. The van der Waals surface area contributed by atoms with Gasteiger partial charge in [0.15, 0.2) is 0 Å². The summed E-state index contributed by atoms with van der Waals surface area (Å²) in [5.41, 5.74) is 0.720. The van der Waals surface area contributed by atoms with Crippen molar-refractivity contribution >= 4 is 10.0 Å². The molecule has 0 unspecified atom stereocenters. The highest BCUT2D eigenvalue weighted by atomic mass is 32.2. The molecule has 1 heterocycles. The molecule has 1 aliphatic heterocycles. The van der Waals surface area contributed by atoms with E-state index in [4.69, 9.17) is 9.47 Å². The number of ether oxygens (including phenoxy) is 2. The van der Waals surface area contributed by atoms with Crippen LogP contribution in [0.3, 0.4) is 0 Å². The molecule has 3 rings (SSSR count). The van der Waals surface area contributed by atoms with Gasteiger partial charge in [-0.3, -0.25) is 0 Å². The van der Waals surface area contributed by atoms with Gasteiger partial charge in [0.05, 0.1) is 12.3 Å². The van der Waals surface area contributed by atoms with Gasteiger partial charge in [-0.15, -0.1) is 0 Å². The maximum atomic E-state index is 12.6. The molecule has 1 aliphatic rings. The van der Waals surface area contributed by atoms with Gasteiger partial charge in [0, 0.05) is 12.1 Å². The standard InChI is InChI=1S/C23H31NO5S/c1-5-6-14-24(30(4,26)27)21-19-15-18(28-16-17-10-8-7-9-11-17)12-13-20(19)29-23(2,3)22(21)25/h7-13,15,21-22,25H,5-6,14,16H2,1-4H3/t21-,22+/m1/s1. The van der Waals surface area contributed by atoms with Gasteiger partial charge in [-0.05, 0) is 44.0 Å². The third-order valence-electron chi connectivity index (χ3n) is 5.40. The molecular formula is C23H31NO5S. The van der Waals surface area contributed by atoms with Crippen molar-refractivity contribution in [2.75, 3.05) is 12.8 Å². The summed E-state index contributed by atoms with van der Waals surface area (Å²) < 4.78 is 38.6. The first-order chi connectivity index (χ1) is 14.1. The van der Waals surface area contributed by atoms with Crippen LogP contribution in [0.4, 0.5) is 0 Å². The molecule has 0 spiro atoms. The van der Waals surface area contributed by atoms with Crippen LogP contribution in [-0.4, -0.2) is 42.3 Å². The minimum atomic E-state index is -3.55. The molecule has 0 aromatic heterocycles. The Bertz CT molecular complexity index is 959. The molecule has 6 nitrogen and oxygen atoms in total. The van der Waals surface area contributed by atoms with E-state index < -0.39 is 27.8 Å². The van der Waals surface area contributed by atoms with E-state index in [-0.39, 0.29) is 0 Å². The van der Waals surface area contributed by atoms with E-state index in [0.717, 1.165) is 12.0 Å². The van der Waals surface area contributed by atoms with Gasteiger partial charge in [0.2, 0.25) is 10.0 Å². The Labute approximate surface area is 179 Å². The molecule has 164 valence electrons. The van der Waals surface area contributed by atoms with Crippen LogP contribution in [0, 0.1) is 0 Å². The van der Waals surface area contributed by atoms with Gasteiger partial charge in [0.1, 0.15) is 29.8 Å². The van der Waals surface area contributed by atoms with Crippen LogP contribution in [-0.2, 0) is 16.6 Å². The normalized spacial score (nSPS) is 20.5. The van der Waals surface area contributed by atoms with E-state index in [0.29, 0.717) is 36.6 Å². The summed E-state index contributed by atoms with van der Waals surface area (Å²) in [6.07, 6.45) is 1.72. The smallest absolute Gasteiger partial charge is 0.211 e. The summed E-state index contributed by atoms with van der Waals surface area (Å²) in [5.74, 6) is 1.16. The first kappa shape index (κ1) is 22.6. The van der Waals surface area contributed by atoms with E-state index in [1.54, 1.807) is 26.0 Å². The zero-order valence-electron chi connectivity index (χ0n) is 18.0. The topological polar surface area (TPSA) is 76.1 Å². The van der Waals surface area contributed by atoms with Gasteiger partial charge in [-0.25, -0.2) is 8.42 Å². The molecule has 0 saturated heterocycles. The first-order valence-corrected chi connectivity index (χ1v) is 12.1. The summed E-state index contributed by atoms with van der Waals surface area (Å²) in [7, 11) is -3.55. The van der Waals surface area contributed by atoms with E-state index in [1.165, 1.54) is 10.6 Å². The zero-order chi connectivity index (χ0) is 21.9. The van der Waals surface area contributed by atoms with Crippen LogP contribution < -0.4 is 9.47 Å². The van der Waals surface area contributed by atoms with Gasteiger partial charge in [-0.1, -0.05) is 43.7 Å². The zero-order valence-corrected chi connectivity index (χ0v) is 18.9. The predicted octanol–water partition coefficient (Wildman–Crippen LogP) is 3.90. The van der Waals surface area contributed by atoms with Crippen molar-refractivity contribution in [1.82, 2.24) is 4.31 Å². The highest BCUT2D eigenvalue weighted by Gasteiger charge is 2.47. The molecule has 2 aromatic carbocycles. The Morgan fingerprint density at radius 2 is 1.87 bits per heavy atom. The van der Waals surface area contributed by atoms with E-state index in [2.05, 4.69) is 0 Å². The summed E-state index contributed by atoms with van der Waals surface area (Å²) in [4.78, 5) is 0. The van der Waals surface area contributed by atoms with Crippen molar-refractivity contribution < 1.29 is 23.0 Å². The summed E-state index contributed by atoms with van der Waals surface area (Å²) in [5, 5.41) is 11.1. The lowest BCUT2D eigenvalue weighted by Gasteiger charge is -2.45. The van der Waals surface area contributed by atoms with E-state index in [9.17, 15) is 13.5 Å². The number of fused-ring (bicyclic) bond motifs is 1. The Kier molecular flexibility index (Phi) is 6.75. The molecule has 1 N–H and O–H groups in total. The van der Waals surface area contributed by atoms with Gasteiger partial charge in [-0.2, -0.15) is 4.31 Å². The second-order valence-electron chi connectivity index (χ2n) is 8.30. The van der Waals surface area contributed by atoms with Gasteiger partial charge in [0.25, 0.3) is 0 Å². The van der Waals surface area contributed by atoms with Crippen molar-refractivity contribution in [1.29, 1.82) is 0 Å².